The molecule has 0 saturated carbocycles. The van der Waals surface area contributed by atoms with Crippen molar-refractivity contribution < 1.29 is 18.9 Å². The van der Waals surface area contributed by atoms with Gasteiger partial charge in [0.05, 0.1) is 19.6 Å². The molecule has 1 aliphatic carbocycles. The topological polar surface area (TPSA) is 123 Å². The van der Waals surface area contributed by atoms with Crippen LogP contribution in [-0.4, -0.2) is 76.6 Å². The van der Waals surface area contributed by atoms with Gasteiger partial charge in [0, 0.05) is 56.5 Å². The molecule has 12 nitrogen and oxygen atoms in total. The second-order valence-electron chi connectivity index (χ2n) is 10.8. The van der Waals surface area contributed by atoms with Gasteiger partial charge in [-0.15, -0.1) is 4.33 Å². The summed E-state index contributed by atoms with van der Waals surface area (Å²) in [4.78, 5) is 47.1. The Hall–Kier alpha value is -3.85. The van der Waals surface area contributed by atoms with Crippen LogP contribution < -0.4 is 16.2 Å². The summed E-state index contributed by atoms with van der Waals surface area (Å²) in [6.07, 6.45) is 7.10. The highest BCUT2D eigenvalue weighted by Gasteiger charge is 2.20. The van der Waals surface area contributed by atoms with E-state index in [1.54, 1.807) is 4.57 Å². The number of hydroxylamine groups is 1. The average Bonchev–Trinajstić information content (AvgIpc) is 3.52. The molecule has 0 spiro atoms. The Bertz CT molecular complexity index is 1690. The van der Waals surface area contributed by atoms with Gasteiger partial charge in [-0.3, -0.25) is 14.4 Å². The van der Waals surface area contributed by atoms with Crippen molar-refractivity contribution in [2.75, 3.05) is 52.3 Å². The Kier molecular flexibility index (Phi) is 9.50. The van der Waals surface area contributed by atoms with E-state index >= 15 is 0 Å². The molecule has 4 aromatic rings. The lowest BCUT2D eigenvalue weighted by atomic mass is 10.1. The Morgan fingerprint density at radius 2 is 1.82 bits per heavy atom. The van der Waals surface area contributed by atoms with Gasteiger partial charge in [-0.25, -0.2) is 19.7 Å². The number of hydrogen-bond donors (Lipinski definition) is 2. The van der Waals surface area contributed by atoms with Crippen LogP contribution in [0.3, 0.4) is 0 Å². The van der Waals surface area contributed by atoms with Crippen molar-refractivity contribution in [1.82, 2.24) is 29.2 Å². The van der Waals surface area contributed by atoms with Gasteiger partial charge in [0.15, 0.2) is 5.65 Å². The Morgan fingerprint density at radius 3 is 2.59 bits per heavy atom. The number of aryl methyl sites for hydroxylation is 2. The summed E-state index contributed by atoms with van der Waals surface area (Å²) in [5, 5.41) is 3.51. The van der Waals surface area contributed by atoms with Crippen molar-refractivity contribution in [2.24, 2.45) is 0 Å². The van der Waals surface area contributed by atoms with E-state index < -0.39 is 11.3 Å². The first-order chi connectivity index (χ1) is 21.5. The van der Waals surface area contributed by atoms with Crippen molar-refractivity contribution in [3.05, 3.63) is 87.3 Å². The van der Waals surface area contributed by atoms with Gasteiger partial charge < -0.3 is 14.8 Å². The van der Waals surface area contributed by atoms with E-state index in [4.69, 9.17) is 14.2 Å². The maximum absolute atomic E-state index is 13.3. The van der Waals surface area contributed by atoms with Crippen LogP contribution in [0.4, 0.5) is 11.6 Å². The van der Waals surface area contributed by atoms with Crippen LogP contribution in [0.15, 0.2) is 59.7 Å². The van der Waals surface area contributed by atoms with E-state index in [1.165, 1.54) is 55.5 Å². The van der Waals surface area contributed by atoms with Crippen LogP contribution in [0.2, 0.25) is 0 Å². The molecular weight excluding hydrogens is 582 g/mol. The summed E-state index contributed by atoms with van der Waals surface area (Å²) in [5.74, 6) is -0.281. The first-order valence-corrected chi connectivity index (χ1v) is 15.3. The number of pyridine rings is 1. The summed E-state index contributed by atoms with van der Waals surface area (Å²) >= 11 is 1.25. The van der Waals surface area contributed by atoms with Gasteiger partial charge in [0.1, 0.15) is 17.8 Å². The lowest BCUT2D eigenvalue weighted by Gasteiger charge is -2.32. The minimum Gasteiger partial charge on any atom is -0.324 e. The smallest absolute Gasteiger partial charge is 0.280 e. The highest BCUT2D eigenvalue weighted by atomic mass is 32.2. The number of carbonyl (C=O) groups is 1. The van der Waals surface area contributed by atoms with Crippen LogP contribution in [0.5, 0.6) is 0 Å². The number of carbonyl (C=O) groups excluding carboxylic acids is 1. The molecule has 2 aromatic heterocycles. The van der Waals surface area contributed by atoms with Gasteiger partial charge in [-0.1, -0.05) is 18.2 Å². The average molecular weight is 618 g/mol. The Balaban J connectivity index is 1.20. The number of anilines is 2. The number of benzene rings is 2. The molecule has 1 fully saturated rings. The van der Waals surface area contributed by atoms with E-state index in [0.29, 0.717) is 11.6 Å². The van der Waals surface area contributed by atoms with Crippen molar-refractivity contribution in [3.8, 4) is 5.69 Å². The molecular formula is C31H35N7O5S. The number of nitrogens with zero attached hydrogens (tertiary/aromatic N) is 5. The molecule has 1 amide bonds. The lowest BCUT2D eigenvalue weighted by Crippen LogP contribution is -2.44. The summed E-state index contributed by atoms with van der Waals surface area (Å²) in [7, 11) is 2.84. The fourth-order valence-corrected chi connectivity index (χ4v) is 6.12. The monoisotopic (exact) mass is 617 g/mol. The Morgan fingerprint density at radius 1 is 1.02 bits per heavy atom. The van der Waals surface area contributed by atoms with E-state index in [1.807, 2.05) is 18.2 Å². The predicted molar refractivity (Wildman–Crippen MR) is 169 cm³/mol. The molecule has 0 radical (unpaired) electrons. The summed E-state index contributed by atoms with van der Waals surface area (Å²) < 4.78 is 8.88. The van der Waals surface area contributed by atoms with E-state index in [9.17, 15) is 9.59 Å². The molecule has 230 valence electrons. The molecule has 2 N–H and O–H groups in total. The minimum atomic E-state index is -0.630. The molecule has 2 aliphatic rings. The van der Waals surface area contributed by atoms with Crippen molar-refractivity contribution in [1.29, 1.82) is 0 Å². The zero-order valence-corrected chi connectivity index (χ0v) is 25.6. The number of rotatable bonds is 11. The fraction of sp³-hybridized carbons (Fsp3) is 0.355. The molecule has 0 bridgehead atoms. The normalized spacial score (nSPS) is 15.4. The quantitative estimate of drug-likeness (QED) is 0.111. The molecule has 44 heavy (non-hydrogen) atoms. The molecule has 6 rings (SSSR count). The van der Waals surface area contributed by atoms with Crippen LogP contribution in [-0.2, 0) is 33.3 Å². The largest absolute Gasteiger partial charge is 0.324 e. The van der Waals surface area contributed by atoms with E-state index in [0.717, 1.165) is 69.8 Å². The van der Waals surface area contributed by atoms with Crippen LogP contribution in [0, 0.1) is 0 Å². The second kappa shape index (κ2) is 13.8. The zero-order chi connectivity index (χ0) is 30.5. The molecule has 1 aliphatic heterocycles. The fourth-order valence-electron chi connectivity index (χ4n) is 5.66. The number of amides is 1. The number of aromatic nitrogens is 3. The number of nitrogens with one attached hydrogen (secondary N) is 2. The summed E-state index contributed by atoms with van der Waals surface area (Å²) in [6, 6.07) is 14.4. The highest BCUT2D eigenvalue weighted by Crippen LogP contribution is 2.26. The minimum absolute atomic E-state index is 0.0550. The van der Waals surface area contributed by atoms with Crippen LogP contribution in [0.25, 0.3) is 16.7 Å². The molecule has 1 saturated heterocycles. The standard InChI is InChI=1S/C31H35N7O5S/c1-41-35-30(40)27-20-38(25-11-8-22-4-3-5-23(22)18-25)29-26(28(27)39)19-32-31(34-29)33-24-9-6-21(7-10-24)12-13-36-14-16-37(17-15-36)44-43-42-2/h6-11,18-20H,3-5,12-17H2,1-2H3,(H,35,40)(H,32,33,34). The van der Waals surface area contributed by atoms with Gasteiger partial charge in [-0.2, -0.15) is 4.98 Å². The lowest BCUT2D eigenvalue weighted by molar-refractivity contribution is -0.164. The third-order valence-corrected chi connectivity index (χ3v) is 8.78. The highest BCUT2D eigenvalue weighted by molar-refractivity contribution is 7.92. The van der Waals surface area contributed by atoms with Crippen LogP contribution >= 0.6 is 12.2 Å². The summed E-state index contributed by atoms with van der Waals surface area (Å²) in [6.45, 7) is 4.78. The number of fused-ring (bicyclic) bond motifs is 2. The van der Waals surface area contributed by atoms with Gasteiger partial charge in [0.25, 0.3) is 5.91 Å². The van der Waals surface area contributed by atoms with Crippen molar-refractivity contribution >= 4 is 40.8 Å². The predicted octanol–water partition coefficient (Wildman–Crippen LogP) is 3.61. The van der Waals surface area contributed by atoms with Gasteiger partial charge >= 0.3 is 0 Å². The molecule has 0 atom stereocenters. The summed E-state index contributed by atoms with van der Waals surface area (Å²) in [5.41, 5.74) is 7.62. The van der Waals surface area contributed by atoms with Crippen LogP contribution in [0.1, 0.15) is 33.5 Å². The zero-order valence-electron chi connectivity index (χ0n) is 24.7. The first-order valence-electron chi connectivity index (χ1n) is 14.6. The Labute approximate surface area is 259 Å². The maximum Gasteiger partial charge on any atom is 0.280 e. The number of hydrogen-bond acceptors (Lipinski definition) is 11. The van der Waals surface area contributed by atoms with Gasteiger partial charge in [0.2, 0.25) is 11.4 Å². The third-order valence-electron chi connectivity index (χ3n) is 8.01. The van der Waals surface area contributed by atoms with Gasteiger partial charge in [-0.05, 0) is 66.6 Å². The second-order valence-corrected chi connectivity index (χ2v) is 11.6. The maximum atomic E-state index is 13.3. The third kappa shape index (κ3) is 6.78. The van der Waals surface area contributed by atoms with E-state index in [-0.39, 0.29) is 10.9 Å². The van der Waals surface area contributed by atoms with E-state index in [2.05, 4.69) is 54.1 Å². The molecule has 0 unspecified atom stereocenters. The number of piperazine rings is 1. The molecule has 13 heteroatoms. The first kappa shape index (κ1) is 30.2. The SMILES string of the molecule is CONC(=O)c1cn(-c2ccc3c(c2)CCC3)c2nc(Nc3ccc(CCN4CCN(SOOC)CC4)cc3)ncc2c1=O. The van der Waals surface area contributed by atoms with Crippen molar-refractivity contribution in [2.45, 2.75) is 25.7 Å². The van der Waals surface area contributed by atoms with Crippen molar-refractivity contribution in [3.63, 3.8) is 0 Å². The molecule has 3 heterocycles. The molecule has 2 aromatic carbocycles.